The van der Waals surface area contributed by atoms with Gasteiger partial charge in [-0.05, 0) is 23.4 Å². The van der Waals surface area contributed by atoms with Gasteiger partial charge >= 0.3 is 0 Å². The Hall–Kier alpha value is -2.61. The minimum absolute atomic E-state index is 0. The van der Waals surface area contributed by atoms with Crippen molar-refractivity contribution in [3.63, 3.8) is 0 Å². The van der Waals surface area contributed by atoms with E-state index in [2.05, 4.69) is 58.9 Å². The first kappa shape index (κ1) is 23.1. The molecule has 0 spiro atoms. The second-order valence-electron chi connectivity index (χ2n) is 7.46. The number of aromatic nitrogens is 2. The first-order valence-electron chi connectivity index (χ1n) is 10.6. The number of hydrogen-bond acceptors (Lipinski definition) is 2. The third-order valence-corrected chi connectivity index (χ3v) is 5.34. The molecule has 1 aliphatic carbocycles. The summed E-state index contributed by atoms with van der Waals surface area (Å²) >= 11 is 0. The molecule has 1 fully saturated rings. The van der Waals surface area contributed by atoms with Crippen LogP contribution in [0.1, 0.15) is 37.3 Å². The molecule has 2 heterocycles. The van der Waals surface area contributed by atoms with Crippen molar-refractivity contribution in [2.24, 2.45) is 0 Å². The molecule has 0 amide bonds. The minimum Gasteiger partial charge on any atom is -0.320 e. The zero-order valence-electron chi connectivity index (χ0n) is 17.4. The summed E-state index contributed by atoms with van der Waals surface area (Å²) in [5.74, 6) is 0.573. The molecule has 2 aromatic heterocycles. The Kier molecular flexibility index (Phi) is 9.15. The first-order chi connectivity index (χ1) is 14.9. The monoisotopic (exact) mass is 583 g/mol. The van der Waals surface area contributed by atoms with Gasteiger partial charge in [0.05, 0.1) is 0 Å². The molecule has 0 bridgehead atoms. The largest absolute Gasteiger partial charge is 0.320 e. The summed E-state index contributed by atoms with van der Waals surface area (Å²) in [6.07, 6.45) is 11.4. The van der Waals surface area contributed by atoms with Crippen molar-refractivity contribution in [2.75, 3.05) is 0 Å². The molecule has 159 valence electrons. The molecule has 1 unspecified atom stereocenters. The van der Waals surface area contributed by atoms with Gasteiger partial charge in [-0.25, -0.2) is 0 Å². The Morgan fingerprint density at radius 1 is 0.774 bits per heavy atom. The van der Waals surface area contributed by atoms with Crippen LogP contribution in [0.25, 0.3) is 22.4 Å². The smallest absolute Gasteiger partial charge is 0.0348 e. The van der Waals surface area contributed by atoms with E-state index in [9.17, 15) is 0 Å². The summed E-state index contributed by atoms with van der Waals surface area (Å²) in [7, 11) is 0. The van der Waals surface area contributed by atoms with E-state index in [0.717, 1.165) is 11.3 Å². The average molecular weight is 583 g/mol. The number of hydrogen-bond donors (Lipinski definition) is 0. The maximum Gasteiger partial charge on any atom is 0.0348 e. The second kappa shape index (κ2) is 12.3. The van der Waals surface area contributed by atoms with Crippen molar-refractivity contribution in [2.45, 2.75) is 31.6 Å². The number of rotatable bonds is 3. The van der Waals surface area contributed by atoms with Gasteiger partial charge in [-0.3, -0.25) is 4.98 Å². The molecule has 1 saturated carbocycles. The van der Waals surface area contributed by atoms with Gasteiger partial charge in [-0.15, -0.1) is 41.8 Å². The molecule has 2 nitrogen and oxygen atoms in total. The summed E-state index contributed by atoms with van der Waals surface area (Å²) in [6, 6.07) is 31.6. The Labute approximate surface area is 199 Å². The maximum atomic E-state index is 4.65. The van der Waals surface area contributed by atoms with Gasteiger partial charge in [-0.2, -0.15) is 6.42 Å². The van der Waals surface area contributed by atoms with Gasteiger partial charge in [0, 0.05) is 43.8 Å². The van der Waals surface area contributed by atoms with Crippen molar-refractivity contribution in [1.29, 1.82) is 0 Å². The molecular weight excluding hydrogens is 557 g/mol. The van der Waals surface area contributed by atoms with Crippen LogP contribution in [0.15, 0.2) is 97.3 Å². The van der Waals surface area contributed by atoms with Crippen LogP contribution in [0.2, 0.25) is 0 Å². The molecular formula is C28H26IrN2-2. The summed E-state index contributed by atoms with van der Waals surface area (Å²) < 4.78 is 0. The van der Waals surface area contributed by atoms with Gasteiger partial charge in [-0.1, -0.05) is 67.8 Å². The predicted molar refractivity (Wildman–Crippen MR) is 124 cm³/mol. The molecule has 2 aromatic carbocycles. The van der Waals surface area contributed by atoms with Crippen LogP contribution in [0, 0.1) is 12.5 Å². The van der Waals surface area contributed by atoms with Crippen LogP contribution in [0.4, 0.5) is 0 Å². The molecule has 0 saturated heterocycles. The Morgan fingerprint density at radius 3 is 2.26 bits per heavy atom. The van der Waals surface area contributed by atoms with Crippen LogP contribution in [0.3, 0.4) is 0 Å². The molecule has 1 aliphatic rings. The summed E-state index contributed by atoms with van der Waals surface area (Å²) in [4.78, 5) is 8.87. The van der Waals surface area contributed by atoms with E-state index in [1.54, 1.807) is 6.20 Å². The normalized spacial score (nSPS) is 15.2. The topological polar surface area (TPSA) is 25.8 Å². The quantitative estimate of drug-likeness (QED) is 0.240. The zero-order valence-corrected chi connectivity index (χ0v) is 19.8. The van der Waals surface area contributed by atoms with Crippen molar-refractivity contribution >= 4 is 0 Å². The fourth-order valence-electron chi connectivity index (χ4n) is 3.71. The van der Waals surface area contributed by atoms with Gasteiger partial charge < -0.3 is 11.4 Å². The van der Waals surface area contributed by atoms with Crippen LogP contribution >= 0.6 is 0 Å². The molecule has 1 radical (unpaired) electrons. The number of benzene rings is 2. The van der Waals surface area contributed by atoms with E-state index < -0.39 is 0 Å². The van der Waals surface area contributed by atoms with Gasteiger partial charge in [0.25, 0.3) is 0 Å². The van der Waals surface area contributed by atoms with Crippen molar-refractivity contribution in [3.8, 4) is 22.4 Å². The van der Waals surface area contributed by atoms with E-state index in [1.807, 2.05) is 54.7 Å². The average Bonchev–Trinajstić information content (AvgIpc) is 2.87. The van der Waals surface area contributed by atoms with E-state index >= 15 is 0 Å². The van der Waals surface area contributed by atoms with Crippen molar-refractivity contribution in [1.82, 2.24) is 9.97 Å². The maximum absolute atomic E-state index is 4.65. The van der Waals surface area contributed by atoms with Gasteiger partial charge in [0.15, 0.2) is 0 Å². The van der Waals surface area contributed by atoms with E-state index in [0.29, 0.717) is 5.92 Å². The fraction of sp³-hybridized carbons (Fsp3) is 0.179. The van der Waals surface area contributed by atoms with Crippen LogP contribution in [0.5, 0.6) is 0 Å². The molecule has 4 aromatic rings. The molecule has 3 heteroatoms. The summed E-state index contributed by atoms with van der Waals surface area (Å²) in [5, 5.41) is 0. The standard InChI is InChI=1S/C17H18N.C11H8N.Ir/c1-3-7-14(8-4-1)16-11-12-17(18-13-16)15-9-5-2-6-10-15;1-2-6-10(7-3-1)11-8-4-5-9-12-11;/h1,3-4,7-9,11-13,15H,2,5-6,10H2;1-6,8-9H;/q2*-1;. The van der Waals surface area contributed by atoms with Gasteiger partial charge in [0.2, 0.25) is 0 Å². The molecule has 0 aliphatic heterocycles. The zero-order chi connectivity index (χ0) is 20.4. The third kappa shape index (κ3) is 6.69. The van der Waals surface area contributed by atoms with E-state index in [-0.39, 0.29) is 20.1 Å². The summed E-state index contributed by atoms with van der Waals surface area (Å²) in [6.45, 7) is 0. The van der Waals surface area contributed by atoms with Crippen molar-refractivity contribution in [3.05, 3.63) is 116 Å². The second-order valence-corrected chi connectivity index (χ2v) is 7.46. The fourth-order valence-corrected chi connectivity index (χ4v) is 3.71. The van der Waals surface area contributed by atoms with E-state index in [4.69, 9.17) is 0 Å². The Morgan fingerprint density at radius 2 is 1.61 bits per heavy atom. The predicted octanol–water partition coefficient (Wildman–Crippen LogP) is 7.16. The van der Waals surface area contributed by atoms with Crippen molar-refractivity contribution < 1.29 is 20.1 Å². The summed E-state index contributed by atoms with van der Waals surface area (Å²) in [5.41, 5.74) is 5.69. The number of pyridine rings is 2. The number of nitrogens with zero attached hydrogens (tertiary/aromatic N) is 2. The van der Waals surface area contributed by atoms with Crippen LogP contribution in [-0.2, 0) is 20.1 Å². The Bertz CT molecular complexity index is 960. The molecule has 31 heavy (non-hydrogen) atoms. The molecule has 5 rings (SSSR count). The minimum atomic E-state index is 0. The Balaban J connectivity index is 0.000000183. The first-order valence-corrected chi connectivity index (χ1v) is 10.6. The van der Waals surface area contributed by atoms with Gasteiger partial charge in [0.1, 0.15) is 0 Å². The molecule has 1 atom stereocenters. The van der Waals surface area contributed by atoms with Crippen LogP contribution < -0.4 is 0 Å². The SMILES string of the molecule is [Ir].[c-]1ccccc1-c1ccccn1.c1ccc(-c2ccc(C3[CH-]CCCC3)nc2)cc1. The van der Waals surface area contributed by atoms with Crippen LogP contribution in [-0.4, -0.2) is 9.97 Å². The van der Waals surface area contributed by atoms with E-state index in [1.165, 1.54) is 42.5 Å². The third-order valence-electron chi connectivity index (χ3n) is 5.34. The molecule has 0 N–H and O–H groups in total.